The Labute approximate surface area is 108 Å². The molecule has 3 aliphatic rings. The summed E-state index contributed by atoms with van der Waals surface area (Å²) in [6.45, 7) is 4.32. The van der Waals surface area contributed by atoms with Gasteiger partial charge in [0.2, 0.25) is 0 Å². The molecule has 3 nitrogen and oxygen atoms in total. The Morgan fingerprint density at radius 3 is 2.78 bits per heavy atom. The molecule has 4 bridgehead atoms. The zero-order valence-corrected chi connectivity index (χ0v) is 11.1. The van der Waals surface area contributed by atoms with Gasteiger partial charge in [-0.2, -0.15) is 0 Å². The fourth-order valence-corrected chi connectivity index (χ4v) is 5.21. The van der Waals surface area contributed by atoms with E-state index in [1.54, 1.807) is 0 Å². The summed E-state index contributed by atoms with van der Waals surface area (Å²) in [5, 5.41) is 19.2. The van der Waals surface area contributed by atoms with Crippen molar-refractivity contribution < 1.29 is 15.0 Å². The minimum absolute atomic E-state index is 0.0964. The molecular weight excluding hydrogens is 228 g/mol. The molecule has 0 saturated heterocycles. The zero-order valence-electron chi connectivity index (χ0n) is 11.1. The molecule has 0 amide bonds. The summed E-state index contributed by atoms with van der Waals surface area (Å²) in [7, 11) is 0. The molecule has 3 aliphatic carbocycles. The molecule has 2 saturated carbocycles. The SMILES string of the molecule is C[C@]12CCC[C@](C)(C(=O)O)[C@@H]3[C@H]1CC=C(CO)[C@@H]32. The second-order valence-electron chi connectivity index (χ2n) is 6.86. The van der Waals surface area contributed by atoms with Crippen LogP contribution in [0.15, 0.2) is 11.6 Å². The van der Waals surface area contributed by atoms with Crippen LogP contribution in [0.25, 0.3) is 0 Å². The molecule has 0 heterocycles. The number of allylic oxidation sites excluding steroid dienone is 1. The summed E-state index contributed by atoms with van der Waals surface area (Å²) >= 11 is 0. The van der Waals surface area contributed by atoms with E-state index in [4.69, 9.17) is 0 Å². The molecule has 0 aromatic heterocycles. The third-order valence-corrected chi connectivity index (χ3v) is 6.20. The summed E-state index contributed by atoms with van der Waals surface area (Å²) in [6.07, 6.45) is 6.01. The number of carboxylic acids is 1. The van der Waals surface area contributed by atoms with Crippen LogP contribution >= 0.6 is 0 Å². The lowest BCUT2D eigenvalue weighted by Crippen LogP contribution is -2.62. The van der Waals surface area contributed by atoms with Crippen molar-refractivity contribution in [1.82, 2.24) is 0 Å². The summed E-state index contributed by atoms with van der Waals surface area (Å²) in [5.41, 5.74) is 0.740. The van der Waals surface area contributed by atoms with E-state index in [1.165, 1.54) is 0 Å². The molecule has 0 aliphatic heterocycles. The van der Waals surface area contributed by atoms with Gasteiger partial charge in [-0.3, -0.25) is 4.79 Å². The first-order valence-corrected chi connectivity index (χ1v) is 6.98. The molecule has 18 heavy (non-hydrogen) atoms. The van der Waals surface area contributed by atoms with Crippen LogP contribution in [0.3, 0.4) is 0 Å². The number of aliphatic carboxylic acids is 1. The van der Waals surface area contributed by atoms with E-state index in [0.717, 1.165) is 31.3 Å². The molecule has 2 fully saturated rings. The molecular formula is C15H22O3. The van der Waals surface area contributed by atoms with Gasteiger partial charge in [0, 0.05) is 0 Å². The van der Waals surface area contributed by atoms with Gasteiger partial charge in [-0.15, -0.1) is 0 Å². The van der Waals surface area contributed by atoms with Crippen molar-refractivity contribution in [2.75, 3.05) is 6.61 Å². The lowest BCUT2D eigenvalue weighted by molar-refractivity contribution is -0.179. The molecule has 2 N–H and O–H groups in total. The van der Waals surface area contributed by atoms with Crippen LogP contribution in [-0.4, -0.2) is 22.8 Å². The normalized spacial score (nSPS) is 49.9. The van der Waals surface area contributed by atoms with Gasteiger partial charge in [-0.05, 0) is 54.9 Å². The lowest BCUT2D eigenvalue weighted by atomic mass is 9.38. The van der Waals surface area contributed by atoms with Gasteiger partial charge >= 0.3 is 5.97 Å². The molecule has 0 spiro atoms. The second-order valence-corrected chi connectivity index (χ2v) is 6.86. The Morgan fingerprint density at radius 2 is 2.17 bits per heavy atom. The Hall–Kier alpha value is -0.830. The zero-order chi connectivity index (χ0) is 13.1. The van der Waals surface area contributed by atoms with Crippen LogP contribution < -0.4 is 0 Å². The third-order valence-electron chi connectivity index (χ3n) is 6.20. The average Bonchev–Trinajstić information content (AvgIpc) is 2.55. The topological polar surface area (TPSA) is 57.5 Å². The number of fused-ring (bicyclic) bond motifs is 1. The molecule has 0 radical (unpaired) electrons. The number of hydrogen-bond donors (Lipinski definition) is 2. The van der Waals surface area contributed by atoms with Gasteiger partial charge in [-0.25, -0.2) is 0 Å². The van der Waals surface area contributed by atoms with Crippen LogP contribution in [0, 0.1) is 28.6 Å². The maximum atomic E-state index is 11.7. The second kappa shape index (κ2) is 3.60. The van der Waals surface area contributed by atoms with E-state index >= 15 is 0 Å². The molecule has 3 heteroatoms. The first kappa shape index (κ1) is 12.2. The first-order valence-electron chi connectivity index (χ1n) is 6.98. The third kappa shape index (κ3) is 1.21. The van der Waals surface area contributed by atoms with Gasteiger partial charge < -0.3 is 10.2 Å². The molecule has 3 rings (SSSR count). The van der Waals surface area contributed by atoms with Crippen molar-refractivity contribution in [3.05, 3.63) is 11.6 Å². The highest BCUT2D eigenvalue weighted by molar-refractivity contribution is 5.75. The standard InChI is InChI=1S/C15H22O3/c1-14-6-3-7-15(2,13(17)18)12-10(14)5-4-9(8-16)11(12)14/h4,10-12,16H,3,5-8H2,1-2H3,(H,17,18)/t10-,11+,12-,14+,15+/m1/s1. The van der Waals surface area contributed by atoms with Crippen molar-refractivity contribution in [3.8, 4) is 0 Å². The predicted molar refractivity (Wildman–Crippen MR) is 68.0 cm³/mol. The largest absolute Gasteiger partial charge is 0.481 e. The van der Waals surface area contributed by atoms with Crippen molar-refractivity contribution in [2.24, 2.45) is 28.6 Å². The van der Waals surface area contributed by atoms with Gasteiger partial charge in [-0.1, -0.05) is 19.4 Å². The summed E-state index contributed by atoms with van der Waals surface area (Å²) in [5.74, 6) is 0.381. The number of aliphatic hydroxyl groups excluding tert-OH is 1. The average molecular weight is 250 g/mol. The Kier molecular flexibility index (Phi) is 2.44. The van der Waals surface area contributed by atoms with Gasteiger partial charge in [0.15, 0.2) is 0 Å². The Bertz CT molecular complexity index is 427. The maximum Gasteiger partial charge on any atom is 0.309 e. The minimum Gasteiger partial charge on any atom is -0.481 e. The number of rotatable bonds is 2. The van der Waals surface area contributed by atoms with Gasteiger partial charge in [0.05, 0.1) is 12.0 Å². The van der Waals surface area contributed by atoms with E-state index in [2.05, 4.69) is 13.0 Å². The summed E-state index contributed by atoms with van der Waals surface area (Å²) in [4.78, 5) is 11.7. The van der Waals surface area contributed by atoms with E-state index in [1.807, 2.05) is 6.92 Å². The highest BCUT2D eigenvalue weighted by Gasteiger charge is 2.68. The van der Waals surface area contributed by atoms with E-state index in [-0.39, 0.29) is 17.9 Å². The smallest absolute Gasteiger partial charge is 0.309 e. The van der Waals surface area contributed by atoms with Crippen molar-refractivity contribution in [1.29, 1.82) is 0 Å². The number of aliphatic hydroxyl groups is 1. The quantitative estimate of drug-likeness (QED) is 0.740. The van der Waals surface area contributed by atoms with E-state index < -0.39 is 11.4 Å². The molecule has 5 atom stereocenters. The monoisotopic (exact) mass is 250 g/mol. The molecule has 100 valence electrons. The van der Waals surface area contributed by atoms with Crippen LogP contribution in [0.5, 0.6) is 0 Å². The predicted octanol–water partition coefficient (Wildman–Crippen LogP) is 2.45. The Balaban J connectivity index is 2.06. The highest BCUT2D eigenvalue weighted by Crippen LogP contribution is 2.72. The van der Waals surface area contributed by atoms with Crippen LogP contribution in [-0.2, 0) is 4.79 Å². The Morgan fingerprint density at radius 1 is 1.44 bits per heavy atom. The fraction of sp³-hybridized carbons (Fsp3) is 0.800. The van der Waals surface area contributed by atoms with Crippen LogP contribution in [0.4, 0.5) is 0 Å². The van der Waals surface area contributed by atoms with Gasteiger partial charge in [0.25, 0.3) is 0 Å². The number of carbonyl (C=O) groups is 1. The highest BCUT2D eigenvalue weighted by atomic mass is 16.4. The van der Waals surface area contributed by atoms with E-state index in [9.17, 15) is 15.0 Å². The van der Waals surface area contributed by atoms with Crippen molar-refractivity contribution in [3.63, 3.8) is 0 Å². The molecule has 0 aromatic carbocycles. The number of hydrogen-bond acceptors (Lipinski definition) is 2. The number of carboxylic acid groups (broad SMARTS) is 1. The van der Waals surface area contributed by atoms with Crippen molar-refractivity contribution >= 4 is 5.97 Å². The van der Waals surface area contributed by atoms with Crippen LogP contribution in [0.2, 0.25) is 0 Å². The maximum absolute atomic E-state index is 11.7. The van der Waals surface area contributed by atoms with Gasteiger partial charge in [0.1, 0.15) is 0 Å². The summed E-state index contributed by atoms with van der Waals surface area (Å²) < 4.78 is 0. The van der Waals surface area contributed by atoms with Crippen molar-refractivity contribution in [2.45, 2.75) is 39.5 Å². The lowest BCUT2D eigenvalue weighted by Gasteiger charge is -2.65. The van der Waals surface area contributed by atoms with E-state index in [0.29, 0.717) is 11.8 Å². The molecule has 0 unspecified atom stereocenters. The molecule has 0 aromatic rings. The summed E-state index contributed by atoms with van der Waals surface area (Å²) in [6, 6.07) is 0. The minimum atomic E-state index is -0.648. The van der Waals surface area contributed by atoms with Crippen LogP contribution in [0.1, 0.15) is 39.5 Å². The fourth-order valence-electron chi connectivity index (χ4n) is 5.21. The first-order chi connectivity index (χ1) is 8.45.